The van der Waals surface area contributed by atoms with Crippen LogP contribution >= 0.6 is 0 Å². The molecule has 0 unspecified atom stereocenters. The maximum Gasteiger partial charge on any atom is 0.0153 e. The average Bonchev–Trinajstić information content (AvgIpc) is 3.00. The van der Waals surface area contributed by atoms with Gasteiger partial charge in [-0.1, -0.05) is 0 Å². The van der Waals surface area contributed by atoms with E-state index in [9.17, 15) is 0 Å². The lowest BCUT2D eigenvalue weighted by Gasteiger charge is -2.31. The van der Waals surface area contributed by atoms with Gasteiger partial charge in [0.1, 0.15) is 0 Å². The molecule has 82 valence electrons. The number of piperidine rings is 1. The van der Waals surface area contributed by atoms with E-state index < -0.39 is 0 Å². The summed E-state index contributed by atoms with van der Waals surface area (Å²) >= 11 is 0. The van der Waals surface area contributed by atoms with Crippen molar-refractivity contribution in [2.45, 2.75) is 45.1 Å². The molecule has 0 atom stereocenters. The van der Waals surface area contributed by atoms with E-state index in [4.69, 9.17) is 0 Å². The van der Waals surface area contributed by atoms with Crippen molar-refractivity contribution in [2.24, 2.45) is 11.8 Å². The van der Waals surface area contributed by atoms with Gasteiger partial charge in [0.2, 0.25) is 0 Å². The van der Waals surface area contributed by atoms with E-state index in [0.717, 1.165) is 11.8 Å². The molecule has 1 aliphatic carbocycles. The number of hydrogen-bond acceptors (Lipinski definition) is 2. The van der Waals surface area contributed by atoms with Gasteiger partial charge in [0.15, 0.2) is 0 Å². The Hall–Kier alpha value is -0.0800. The van der Waals surface area contributed by atoms with Gasteiger partial charge in [-0.2, -0.15) is 0 Å². The smallest absolute Gasteiger partial charge is 0.0153 e. The Bertz CT molecular complexity index is 179. The Labute approximate surface area is 87.8 Å². The molecule has 2 aliphatic rings. The molecule has 1 aliphatic heterocycles. The van der Waals surface area contributed by atoms with Crippen molar-refractivity contribution < 1.29 is 0 Å². The summed E-state index contributed by atoms with van der Waals surface area (Å²) in [4.78, 5) is 0. The van der Waals surface area contributed by atoms with E-state index in [1.165, 1.54) is 45.3 Å². The zero-order valence-electron chi connectivity index (χ0n) is 9.60. The summed E-state index contributed by atoms with van der Waals surface area (Å²) < 4.78 is 0. The SMILES string of the molecule is CC(C)(NCC1CCNCC1)C1CC1. The first kappa shape index (κ1) is 10.4. The maximum atomic E-state index is 3.76. The highest BCUT2D eigenvalue weighted by molar-refractivity contribution is 4.94. The van der Waals surface area contributed by atoms with Crippen LogP contribution in [0.5, 0.6) is 0 Å². The largest absolute Gasteiger partial charge is 0.317 e. The summed E-state index contributed by atoms with van der Waals surface area (Å²) in [5, 5.41) is 7.18. The summed E-state index contributed by atoms with van der Waals surface area (Å²) in [6, 6.07) is 0. The van der Waals surface area contributed by atoms with Gasteiger partial charge >= 0.3 is 0 Å². The van der Waals surface area contributed by atoms with Gasteiger partial charge in [0.25, 0.3) is 0 Å². The highest BCUT2D eigenvalue weighted by Crippen LogP contribution is 2.39. The van der Waals surface area contributed by atoms with Crippen molar-refractivity contribution >= 4 is 0 Å². The second-order valence-corrected chi connectivity index (χ2v) is 5.57. The first-order valence-corrected chi connectivity index (χ1v) is 6.14. The molecular weight excluding hydrogens is 172 g/mol. The van der Waals surface area contributed by atoms with E-state index in [2.05, 4.69) is 24.5 Å². The predicted molar refractivity (Wildman–Crippen MR) is 60.4 cm³/mol. The van der Waals surface area contributed by atoms with E-state index >= 15 is 0 Å². The van der Waals surface area contributed by atoms with E-state index in [-0.39, 0.29) is 0 Å². The second kappa shape index (κ2) is 4.19. The second-order valence-electron chi connectivity index (χ2n) is 5.57. The standard InChI is InChI=1S/C12H24N2/c1-12(2,11-3-4-11)14-9-10-5-7-13-8-6-10/h10-11,13-14H,3-9H2,1-2H3. The predicted octanol–water partition coefficient (Wildman–Crippen LogP) is 1.76. The van der Waals surface area contributed by atoms with Crippen LogP contribution in [0.2, 0.25) is 0 Å². The van der Waals surface area contributed by atoms with Crippen LogP contribution in [-0.2, 0) is 0 Å². The molecule has 2 fully saturated rings. The summed E-state index contributed by atoms with van der Waals surface area (Å²) in [6.07, 6.45) is 5.58. The highest BCUT2D eigenvalue weighted by atomic mass is 15.0. The minimum Gasteiger partial charge on any atom is -0.317 e. The molecule has 0 aromatic carbocycles. The number of rotatable bonds is 4. The van der Waals surface area contributed by atoms with Gasteiger partial charge in [-0.25, -0.2) is 0 Å². The van der Waals surface area contributed by atoms with Crippen molar-refractivity contribution in [1.29, 1.82) is 0 Å². The van der Waals surface area contributed by atoms with Gasteiger partial charge in [-0.15, -0.1) is 0 Å². The molecule has 0 amide bonds. The summed E-state index contributed by atoms with van der Waals surface area (Å²) in [5.41, 5.74) is 0.394. The van der Waals surface area contributed by atoms with Gasteiger partial charge in [0.05, 0.1) is 0 Å². The van der Waals surface area contributed by atoms with Crippen molar-refractivity contribution in [3.8, 4) is 0 Å². The van der Waals surface area contributed by atoms with Crippen molar-refractivity contribution in [2.75, 3.05) is 19.6 Å². The molecule has 0 radical (unpaired) electrons. The average molecular weight is 196 g/mol. The van der Waals surface area contributed by atoms with Crippen LogP contribution in [-0.4, -0.2) is 25.2 Å². The molecule has 2 rings (SSSR count). The lowest BCUT2D eigenvalue weighted by Crippen LogP contribution is -2.45. The Balaban J connectivity index is 1.69. The molecule has 2 N–H and O–H groups in total. The fourth-order valence-corrected chi connectivity index (χ4v) is 2.44. The Morgan fingerprint density at radius 2 is 1.79 bits per heavy atom. The normalized spacial score (nSPS) is 25.3. The van der Waals surface area contributed by atoms with E-state index in [1.807, 2.05) is 0 Å². The lowest BCUT2D eigenvalue weighted by atomic mass is 9.94. The van der Waals surface area contributed by atoms with Crippen LogP contribution in [0, 0.1) is 11.8 Å². The van der Waals surface area contributed by atoms with Crippen LogP contribution in [0.15, 0.2) is 0 Å². The first-order valence-electron chi connectivity index (χ1n) is 6.14. The number of nitrogens with one attached hydrogen (secondary N) is 2. The van der Waals surface area contributed by atoms with Crippen LogP contribution in [0.1, 0.15) is 39.5 Å². The highest BCUT2D eigenvalue weighted by Gasteiger charge is 2.37. The van der Waals surface area contributed by atoms with Crippen molar-refractivity contribution in [1.82, 2.24) is 10.6 Å². The molecule has 0 bridgehead atoms. The first-order chi connectivity index (χ1) is 6.68. The molecule has 14 heavy (non-hydrogen) atoms. The zero-order chi connectivity index (χ0) is 10.0. The third-order valence-corrected chi connectivity index (χ3v) is 3.90. The van der Waals surface area contributed by atoms with Gasteiger partial charge in [0, 0.05) is 5.54 Å². The van der Waals surface area contributed by atoms with Crippen LogP contribution < -0.4 is 10.6 Å². The minimum absolute atomic E-state index is 0.394. The fourth-order valence-electron chi connectivity index (χ4n) is 2.44. The van der Waals surface area contributed by atoms with Crippen LogP contribution in [0.4, 0.5) is 0 Å². The minimum atomic E-state index is 0.394. The Morgan fingerprint density at radius 3 is 2.36 bits per heavy atom. The molecule has 2 heteroatoms. The molecular formula is C12H24N2. The molecule has 0 aromatic rings. The van der Waals surface area contributed by atoms with E-state index in [0.29, 0.717) is 5.54 Å². The molecule has 0 spiro atoms. The summed E-state index contributed by atoms with van der Waals surface area (Å²) in [7, 11) is 0. The fraction of sp³-hybridized carbons (Fsp3) is 1.00. The third kappa shape index (κ3) is 2.71. The Kier molecular flexibility index (Phi) is 3.13. The zero-order valence-corrected chi connectivity index (χ0v) is 9.60. The third-order valence-electron chi connectivity index (χ3n) is 3.90. The topological polar surface area (TPSA) is 24.1 Å². The molecule has 0 aromatic heterocycles. The lowest BCUT2D eigenvalue weighted by molar-refractivity contribution is 0.281. The summed E-state index contributed by atoms with van der Waals surface area (Å²) in [6.45, 7) is 8.40. The van der Waals surface area contributed by atoms with Crippen LogP contribution in [0.3, 0.4) is 0 Å². The molecule has 1 saturated carbocycles. The van der Waals surface area contributed by atoms with E-state index in [1.54, 1.807) is 0 Å². The van der Waals surface area contributed by atoms with Gasteiger partial charge in [-0.3, -0.25) is 0 Å². The van der Waals surface area contributed by atoms with Crippen molar-refractivity contribution in [3.05, 3.63) is 0 Å². The Morgan fingerprint density at radius 1 is 1.14 bits per heavy atom. The quantitative estimate of drug-likeness (QED) is 0.716. The van der Waals surface area contributed by atoms with Gasteiger partial charge in [-0.05, 0) is 71.0 Å². The van der Waals surface area contributed by atoms with Crippen molar-refractivity contribution in [3.63, 3.8) is 0 Å². The monoisotopic (exact) mass is 196 g/mol. The number of hydrogen-bond donors (Lipinski definition) is 2. The summed E-state index contributed by atoms with van der Waals surface area (Å²) in [5.74, 6) is 1.86. The molecule has 1 saturated heterocycles. The van der Waals surface area contributed by atoms with Crippen LogP contribution in [0.25, 0.3) is 0 Å². The molecule has 1 heterocycles. The maximum absolute atomic E-state index is 3.76. The molecule has 2 nitrogen and oxygen atoms in total. The van der Waals surface area contributed by atoms with Gasteiger partial charge < -0.3 is 10.6 Å².